The molecule has 4 N–H and O–H groups in total. The van der Waals surface area contributed by atoms with E-state index in [0.29, 0.717) is 7.14 Å². The van der Waals surface area contributed by atoms with Crippen LogP contribution in [0.4, 0.5) is 0 Å². The molecule has 0 amide bonds. The van der Waals surface area contributed by atoms with Crippen LogP contribution >= 0.6 is 45.2 Å². The number of carboxylic acids is 1. The van der Waals surface area contributed by atoms with Gasteiger partial charge in [-0.1, -0.05) is 0 Å². The number of nitrogens with two attached hydrogens (primary N) is 1. The molecule has 4 nitrogen and oxygen atoms in total. The summed E-state index contributed by atoms with van der Waals surface area (Å²) >= 11 is 3.99. The number of phenols is 1. The molecule has 0 saturated carbocycles. The molecule has 0 radical (unpaired) electrons. The molecule has 15 heavy (non-hydrogen) atoms. The van der Waals surface area contributed by atoms with Crippen molar-refractivity contribution in [2.24, 2.45) is 5.73 Å². The Morgan fingerprint density at radius 2 is 1.87 bits per heavy atom. The minimum Gasteiger partial charge on any atom is -0.506 e. The second kappa shape index (κ2) is 5.30. The summed E-state index contributed by atoms with van der Waals surface area (Å²) in [6, 6.07) is 2.57. The van der Waals surface area contributed by atoms with Gasteiger partial charge in [0, 0.05) is 0 Å². The molecule has 82 valence electrons. The summed E-state index contributed by atoms with van der Waals surface area (Å²) in [4.78, 5) is 10.6. The average molecular weight is 429 g/mol. The first kappa shape index (κ1) is 13.0. The van der Waals surface area contributed by atoms with Crippen molar-refractivity contribution in [1.82, 2.24) is 0 Å². The van der Waals surface area contributed by atoms with Gasteiger partial charge in [-0.2, -0.15) is 0 Å². The quantitative estimate of drug-likeness (QED) is 0.638. The van der Waals surface area contributed by atoms with Gasteiger partial charge in [-0.25, -0.2) is 0 Å². The van der Waals surface area contributed by atoms with Crippen LogP contribution in [-0.2, 0) is 11.2 Å². The number of halogens is 2. The van der Waals surface area contributed by atoms with Crippen molar-refractivity contribution in [1.29, 1.82) is 0 Å². The van der Waals surface area contributed by atoms with Gasteiger partial charge in [0.15, 0.2) is 0 Å². The number of rotatable bonds is 3. The van der Waals surface area contributed by atoms with Gasteiger partial charge in [-0.05, 0) is 69.3 Å². The van der Waals surface area contributed by atoms with Crippen LogP contribution in [0.1, 0.15) is 5.56 Å². The molecule has 1 aromatic rings. The number of aliphatic carboxylic acids is 1. The number of phenolic OH excluding ortho intramolecular Hbond substituents is 1. The van der Waals surface area contributed by atoms with E-state index in [1.165, 1.54) is 0 Å². The van der Waals surface area contributed by atoms with E-state index in [0.717, 1.165) is 5.56 Å². The molecule has 0 fully saturated rings. The van der Waals surface area contributed by atoms with Gasteiger partial charge >= 0.3 is 5.97 Å². The van der Waals surface area contributed by atoms with Crippen molar-refractivity contribution in [3.8, 4) is 5.75 Å². The van der Waals surface area contributed by atoms with Crippen LogP contribution < -0.4 is 5.73 Å². The zero-order chi connectivity index (χ0) is 11.6. The van der Waals surface area contributed by atoms with Crippen LogP contribution in [0.3, 0.4) is 0 Å². The summed E-state index contributed by atoms with van der Waals surface area (Å²) < 4.78 is 1.40. The van der Waals surface area contributed by atoms with E-state index in [1.54, 1.807) is 12.1 Å². The third-order valence-corrected chi connectivity index (χ3v) is 3.49. The minimum atomic E-state index is -1.02. The van der Waals surface area contributed by atoms with Crippen LogP contribution in [-0.4, -0.2) is 22.2 Å². The smallest absolute Gasteiger partial charge is 0.320 e. The van der Waals surface area contributed by atoms with Crippen molar-refractivity contribution < 1.29 is 15.0 Å². The molecule has 6 heteroatoms. The van der Waals surface area contributed by atoms with Gasteiger partial charge < -0.3 is 15.9 Å². The van der Waals surface area contributed by atoms with Crippen LogP contribution in [0.2, 0.25) is 0 Å². The third-order valence-electron chi connectivity index (χ3n) is 1.85. The van der Waals surface area contributed by atoms with Crippen LogP contribution in [0.15, 0.2) is 12.1 Å². The highest BCUT2D eigenvalue weighted by atomic mass is 125. The summed E-state index contributed by atoms with van der Waals surface area (Å²) in [7, 11) is 0. The van der Waals surface area contributed by atoms with E-state index < -0.39 is 12.0 Å². The molecule has 1 rings (SSSR count). The Morgan fingerprint density at radius 1 is 1.40 bits per heavy atom. The van der Waals surface area contributed by atoms with E-state index in [-0.39, 0.29) is 12.2 Å². The van der Waals surface area contributed by atoms with Crippen LogP contribution in [0, 0.1) is 7.14 Å². The Morgan fingerprint density at radius 3 is 2.27 bits per heavy atom. The summed E-state index contributed by atoms with van der Waals surface area (Å²) in [6.45, 7) is 0. The number of hydrogen-bond acceptors (Lipinski definition) is 3. The second-order valence-electron chi connectivity index (χ2n) is 3.06. The fraction of sp³-hybridized carbons (Fsp3) is 0.222. The maximum atomic E-state index is 10.6. The zero-order valence-corrected chi connectivity index (χ0v) is 11.9. The Hall–Kier alpha value is -0.0900. The molecule has 0 aliphatic carbocycles. The molecule has 0 aromatic heterocycles. The topological polar surface area (TPSA) is 83.5 Å². The SMILES string of the molecule is N[C@@H](Cc1cc([125I])c(O)c([125I])c1)C(=O)O. The maximum Gasteiger partial charge on any atom is 0.320 e. The number of carboxylic acid groups (broad SMARTS) is 1. The maximum absolute atomic E-state index is 10.6. The van der Waals surface area contributed by atoms with E-state index in [1.807, 2.05) is 45.2 Å². The van der Waals surface area contributed by atoms with Crippen molar-refractivity contribution in [2.75, 3.05) is 0 Å². The van der Waals surface area contributed by atoms with Gasteiger partial charge in [0.1, 0.15) is 11.8 Å². The van der Waals surface area contributed by atoms with E-state index in [9.17, 15) is 9.90 Å². The largest absolute Gasteiger partial charge is 0.506 e. The van der Waals surface area contributed by atoms with Gasteiger partial charge in [0.05, 0.1) is 7.14 Å². The predicted molar refractivity (Wildman–Crippen MR) is 72.9 cm³/mol. The summed E-state index contributed by atoms with van der Waals surface area (Å²) in [5, 5.41) is 18.2. The first-order valence-electron chi connectivity index (χ1n) is 4.07. The van der Waals surface area contributed by atoms with Crippen molar-refractivity contribution in [3.05, 3.63) is 24.8 Å². The normalized spacial score (nSPS) is 12.5. The van der Waals surface area contributed by atoms with Gasteiger partial charge in [-0.15, -0.1) is 0 Å². The lowest BCUT2D eigenvalue weighted by atomic mass is 10.1. The van der Waals surface area contributed by atoms with E-state index in [2.05, 4.69) is 0 Å². The Labute approximate surface area is 114 Å². The number of hydrogen-bond donors (Lipinski definition) is 3. The van der Waals surface area contributed by atoms with E-state index >= 15 is 0 Å². The molecular formula is C9H9I2NO3. The molecule has 0 aliphatic rings. The first-order valence-corrected chi connectivity index (χ1v) is 6.23. The lowest BCUT2D eigenvalue weighted by Crippen LogP contribution is -2.32. The lowest BCUT2D eigenvalue weighted by molar-refractivity contribution is -0.138. The molecule has 0 unspecified atom stereocenters. The summed E-state index contributed by atoms with van der Waals surface area (Å²) in [5.41, 5.74) is 6.24. The average Bonchev–Trinajstić information content (AvgIpc) is 2.13. The standard InChI is InChI=1S/C9H9I2NO3/c10-5-1-4(2-6(11)8(5)13)3-7(12)9(14)15/h1-2,7,13H,3,12H2,(H,14,15)/t7-/m0/s1/i10-2,11-2. The number of aromatic hydroxyl groups is 1. The molecule has 0 saturated heterocycles. The monoisotopic (exact) mass is 429 g/mol. The van der Waals surface area contributed by atoms with Crippen molar-refractivity contribution in [2.45, 2.75) is 12.5 Å². The Bertz CT molecular complexity index is 372. The summed E-state index contributed by atoms with van der Waals surface area (Å²) in [5.74, 6) is -0.795. The first-order chi connectivity index (χ1) is 6.91. The molecule has 1 aromatic carbocycles. The molecule has 0 bridgehead atoms. The molecule has 1 atom stereocenters. The molecular weight excluding hydrogens is 420 g/mol. The molecule has 0 spiro atoms. The summed E-state index contributed by atoms with van der Waals surface area (Å²) in [6.07, 6.45) is 0.265. The molecule has 0 aliphatic heterocycles. The second-order valence-corrected chi connectivity index (χ2v) is 5.38. The van der Waals surface area contributed by atoms with Gasteiger partial charge in [0.25, 0.3) is 0 Å². The fourth-order valence-electron chi connectivity index (χ4n) is 1.08. The highest BCUT2D eigenvalue weighted by molar-refractivity contribution is 14.1. The van der Waals surface area contributed by atoms with Crippen molar-refractivity contribution in [3.63, 3.8) is 0 Å². The number of carbonyl (C=O) groups is 1. The third kappa shape index (κ3) is 3.45. The molecule has 0 heterocycles. The van der Waals surface area contributed by atoms with Crippen LogP contribution in [0.5, 0.6) is 5.75 Å². The van der Waals surface area contributed by atoms with Gasteiger partial charge in [0.2, 0.25) is 0 Å². The van der Waals surface area contributed by atoms with Crippen molar-refractivity contribution >= 4 is 51.2 Å². The Balaban J connectivity index is 2.92. The van der Waals surface area contributed by atoms with Gasteiger partial charge in [-0.3, -0.25) is 4.79 Å². The highest BCUT2D eigenvalue weighted by Gasteiger charge is 2.14. The zero-order valence-electron chi connectivity index (χ0n) is 7.58. The predicted octanol–water partition coefficient (Wildman–Crippen LogP) is 1.56. The van der Waals surface area contributed by atoms with Crippen LogP contribution in [0.25, 0.3) is 0 Å². The van der Waals surface area contributed by atoms with E-state index in [4.69, 9.17) is 10.8 Å². The fourth-order valence-corrected chi connectivity index (χ4v) is 2.97. The highest BCUT2D eigenvalue weighted by Crippen LogP contribution is 2.27. The lowest BCUT2D eigenvalue weighted by Gasteiger charge is -2.08. The Kier molecular flexibility index (Phi) is 4.59. The minimum absolute atomic E-state index is 0.226. The number of benzene rings is 1.